The van der Waals surface area contributed by atoms with Gasteiger partial charge in [0.25, 0.3) is 0 Å². The Bertz CT molecular complexity index is 622. The zero-order valence-corrected chi connectivity index (χ0v) is 12.3. The first kappa shape index (κ1) is 14.9. The van der Waals surface area contributed by atoms with Crippen molar-refractivity contribution in [2.45, 2.75) is 6.92 Å². The van der Waals surface area contributed by atoms with Crippen molar-refractivity contribution < 1.29 is 19.0 Å². The van der Waals surface area contributed by atoms with Gasteiger partial charge in [-0.15, -0.1) is 5.10 Å². The number of methoxy groups -OCH3 is 1. The second-order valence-electron chi connectivity index (χ2n) is 4.29. The predicted molar refractivity (Wildman–Crippen MR) is 77.3 cm³/mol. The minimum atomic E-state index is -0.415. The van der Waals surface area contributed by atoms with E-state index in [2.05, 4.69) is 5.10 Å². The van der Waals surface area contributed by atoms with Crippen molar-refractivity contribution in [2.24, 2.45) is 7.05 Å². The van der Waals surface area contributed by atoms with Crippen molar-refractivity contribution in [3.63, 3.8) is 0 Å². The quantitative estimate of drug-likeness (QED) is 0.762. The Morgan fingerprint density at radius 3 is 2.81 bits per heavy atom. The Kier molecular flexibility index (Phi) is 4.81. The second kappa shape index (κ2) is 6.78. The highest BCUT2D eigenvalue weighted by Crippen LogP contribution is 2.31. The number of hydrogen-bond donors (Lipinski definition) is 0. The molecule has 0 radical (unpaired) electrons. The van der Waals surface area contributed by atoms with E-state index in [1.807, 2.05) is 24.3 Å². The van der Waals surface area contributed by atoms with Gasteiger partial charge in [0.15, 0.2) is 6.61 Å². The van der Waals surface area contributed by atoms with Gasteiger partial charge in [-0.1, -0.05) is 12.1 Å². The highest BCUT2D eigenvalue weighted by atomic mass is 16.6. The van der Waals surface area contributed by atoms with E-state index in [1.54, 1.807) is 31.8 Å². The monoisotopic (exact) mass is 290 g/mol. The number of carbonyl (C=O) groups excluding carboxylic acids is 1. The number of rotatable bonds is 6. The molecule has 0 amide bonds. The largest absolute Gasteiger partial charge is 0.496 e. The molecule has 0 aliphatic carbocycles. The molecule has 0 atom stereocenters. The average Bonchev–Trinajstić information content (AvgIpc) is 2.86. The van der Waals surface area contributed by atoms with Gasteiger partial charge >= 0.3 is 5.97 Å². The highest BCUT2D eigenvalue weighted by Gasteiger charge is 2.13. The zero-order valence-electron chi connectivity index (χ0n) is 12.3. The molecule has 2 aromatic rings. The van der Waals surface area contributed by atoms with Crippen molar-refractivity contribution in [3.05, 3.63) is 30.3 Å². The maximum Gasteiger partial charge on any atom is 0.344 e. The summed E-state index contributed by atoms with van der Waals surface area (Å²) in [6.45, 7) is 1.92. The molecule has 0 N–H and O–H groups in total. The van der Waals surface area contributed by atoms with E-state index in [-0.39, 0.29) is 6.61 Å². The number of benzene rings is 1. The van der Waals surface area contributed by atoms with Crippen LogP contribution in [0, 0.1) is 0 Å². The Balaban J connectivity index is 2.17. The molecule has 0 saturated carbocycles. The van der Waals surface area contributed by atoms with Crippen molar-refractivity contribution in [1.82, 2.24) is 9.78 Å². The van der Waals surface area contributed by atoms with Crippen LogP contribution in [-0.2, 0) is 16.6 Å². The van der Waals surface area contributed by atoms with Crippen LogP contribution in [-0.4, -0.2) is 36.1 Å². The molecule has 2 rings (SSSR count). The summed E-state index contributed by atoms with van der Waals surface area (Å²) in [4.78, 5) is 11.3. The molecule has 0 aliphatic heterocycles. The predicted octanol–water partition coefficient (Wildman–Crippen LogP) is 2.04. The molecule has 1 aromatic carbocycles. The summed E-state index contributed by atoms with van der Waals surface area (Å²) in [7, 11) is 3.42. The van der Waals surface area contributed by atoms with Gasteiger partial charge in [-0.25, -0.2) is 4.79 Å². The molecule has 0 unspecified atom stereocenters. The van der Waals surface area contributed by atoms with Gasteiger partial charge in [-0.3, -0.25) is 4.68 Å². The molecule has 0 aliphatic rings. The molecule has 6 heteroatoms. The summed E-state index contributed by atoms with van der Waals surface area (Å²) >= 11 is 0. The number of ether oxygens (including phenoxy) is 3. The first-order chi connectivity index (χ1) is 10.2. The van der Waals surface area contributed by atoms with Crippen molar-refractivity contribution in [3.8, 4) is 22.9 Å². The lowest BCUT2D eigenvalue weighted by atomic mass is 10.1. The van der Waals surface area contributed by atoms with Gasteiger partial charge in [-0.2, -0.15) is 0 Å². The summed E-state index contributed by atoms with van der Waals surface area (Å²) in [5.74, 6) is 0.700. The lowest BCUT2D eigenvalue weighted by molar-refractivity contribution is -0.145. The smallest absolute Gasteiger partial charge is 0.344 e. The Labute approximate surface area is 123 Å². The van der Waals surface area contributed by atoms with Gasteiger partial charge in [0.1, 0.15) is 5.75 Å². The first-order valence-electron chi connectivity index (χ1n) is 6.61. The van der Waals surface area contributed by atoms with E-state index in [1.165, 1.54) is 0 Å². The number of carbonyl (C=O) groups is 1. The summed E-state index contributed by atoms with van der Waals surface area (Å²) in [5.41, 5.74) is 1.74. The van der Waals surface area contributed by atoms with E-state index in [0.717, 1.165) is 17.0 Å². The molecule has 0 saturated heterocycles. The molecular weight excluding hydrogens is 272 g/mol. The number of hydrogen-bond acceptors (Lipinski definition) is 5. The Morgan fingerprint density at radius 1 is 1.33 bits per heavy atom. The molecule has 21 heavy (non-hydrogen) atoms. The van der Waals surface area contributed by atoms with Gasteiger partial charge in [0, 0.05) is 18.7 Å². The van der Waals surface area contributed by atoms with E-state index in [0.29, 0.717) is 12.5 Å². The summed E-state index contributed by atoms with van der Waals surface area (Å²) in [6, 6.07) is 9.39. The zero-order chi connectivity index (χ0) is 15.2. The fourth-order valence-corrected chi connectivity index (χ4v) is 1.96. The SMILES string of the molecule is CCOC(=O)COc1cc(-c2ccccc2OC)n(C)n1. The first-order valence-corrected chi connectivity index (χ1v) is 6.61. The second-order valence-corrected chi connectivity index (χ2v) is 4.29. The number of para-hydroxylation sites is 1. The van der Waals surface area contributed by atoms with E-state index in [9.17, 15) is 4.79 Å². The van der Waals surface area contributed by atoms with Crippen LogP contribution in [0.4, 0.5) is 0 Å². The van der Waals surface area contributed by atoms with Crippen LogP contribution in [0.2, 0.25) is 0 Å². The van der Waals surface area contributed by atoms with Gasteiger partial charge in [0.05, 0.1) is 19.4 Å². The van der Waals surface area contributed by atoms with Gasteiger partial charge in [-0.05, 0) is 19.1 Å². The minimum absolute atomic E-state index is 0.157. The van der Waals surface area contributed by atoms with Crippen molar-refractivity contribution in [1.29, 1.82) is 0 Å². The van der Waals surface area contributed by atoms with Crippen LogP contribution in [0.3, 0.4) is 0 Å². The van der Waals surface area contributed by atoms with Crippen LogP contribution in [0.25, 0.3) is 11.3 Å². The number of esters is 1. The summed E-state index contributed by atoms with van der Waals surface area (Å²) < 4.78 is 17.1. The fourth-order valence-electron chi connectivity index (χ4n) is 1.96. The molecule has 0 fully saturated rings. The van der Waals surface area contributed by atoms with E-state index in [4.69, 9.17) is 14.2 Å². The molecule has 0 bridgehead atoms. The standard InChI is InChI=1S/C15H18N2O4/c1-4-20-15(18)10-21-14-9-12(17(2)16-14)11-7-5-6-8-13(11)19-3/h5-9H,4,10H2,1-3H3. The highest BCUT2D eigenvalue weighted by molar-refractivity contribution is 5.71. The molecule has 1 aromatic heterocycles. The van der Waals surface area contributed by atoms with Crippen LogP contribution in [0.15, 0.2) is 30.3 Å². The molecular formula is C15H18N2O4. The molecule has 0 spiro atoms. The maximum atomic E-state index is 11.3. The van der Waals surface area contributed by atoms with Crippen LogP contribution >= 0.6 is 0 Å². The lowest BCUT2D eigenvalue weighted by Crippen LogP contribution is -2.14. The fraction of sp³-hybridized carbons (Fsp3) is 0.333. The number of aryl methyl sites for hydroxylation is 1. The molecule has 1 heterocycles. The van der Waals surface area contributed by atoms with Crippen LogP contribution < -0.4 is 9.47 Å². The lowest BCUT2D eigenvalue weighted by Gasteiger charge is -2.07. The normalized spacial score (nSPS) is 10.2. The molecule has 6 nitrogen and oxygen atoms in total. The van der Waals surface area contributed by atoms with Gasteiger partial charge in [0.2, 0.25) is 5.88 Å². The number of aromatic nitrogens is 2. The van der Waals surface area contributed by atoms with E-state index < -0.39 is 5.97 Å². The third-order valence-electron chi connectivity index (χ3n) is 2.88. The van der Waals surface area contributed by atoms with Crippen LogP contribution in [0.5, 0.6) is 11.6 Å². The summed E-state index contributed by atoms with van der Waals surface area (Å²) in [6.07, 6.45) is 0. The number of nitrogens with zero attached hydrogens (tertiary/aromatic N) is 2. The minimum Gasteiger partial charge on any atom is -0.496 e. The average molecular weight is 290 g/mol. The Morgan fingerprint density at radius 2 is 2.10 bits per heavy atom. The third kappa shape index (κ3) is 3.53. The van der Waals surface area contributed by atoms with E-state index >= 15 is 0 Å². The molecule has 112 valence electrons. The van der Waals surface area contributed by atoms with Gasteiger partial charge < -0.3 is 14.2 Å². The van der Waals surface area contributed by atoms with Crippen molar-refractivity contribution >= 4 is 5.97 Å². The van der Waals surface area contributed by atoms with Crippen LogP contribution in [0.1, 0.15) is 6.92 Å². The maximum absolute atomic E-state index is 11.3. The third-order valence-corrected chi connectivity index (χ3v) is 2.88. The van der Waals surface area contributed by atoms with Crippen molar-refractivity contribution in [2.75, 3.05) is 20.3 Å². The Hall–Kier alpha value is -2.50. The topological polar surface area (TPSA) is 62.6 Å². The summed E-state index contributed by atoms with van der Waals surface area (Å²) in [5, 5.41) is 4.23.